The van der Waals surface area contributed by atoms with Crippen LogP contribution in [0.5, 0.6) is 0 Å². The Bertz CT molecular complexity index is 560. The lowest BCUT2D eigenvalue weighted by molar-refractivity contribution is -0.116. The van der Waals surface area contributed by atoms with Gasteiger partial charge in [-0.25, -0.2) is 4.98 Å². The van der Waals surface area contributed by atoms with Crippen LogP contribution < -0.4 is 0 Å². The Balaban J connectivity index is 2.39. The Morgan fingerprint density at radius 1 is 1.47 bits per heavy atom. The highest BCUT2D eigenvalue weighted by atomic mass is 79.9. The molecule has 0 aliphatic carbocycles. The molecular formula is C13H13BrN2O. The van der Waals surface area contributed by atoms with E-state index in [1.165, 1.54) is 0 Å². The molecular weight excluding hydrogens is 280 g/mol. The molecule has 4 heteroatoms. The van der Waals surface area contributed by atoms with Crippen LogP contribution in [0.25, 0.3) is 11.3 Å². The fourth-order valence-corrected chi connectivity index (χ4v) is 2.16. The molecule has 0 unspecified atom stereocenters. The number of ketones is 1. The molecule has 2 rings (SSSR count). The fourth-order valence-electron chi connectivity index (χ4n) is 1.76. The third-order valence-corrected chi connectivity index (χ3v) is 2.94. The van der Waals surface area contributed by atoms with E-state index in [1.54, 1.807) is 6.92 Å². The van der Waals surface area contributed by atoms with Crippen LogP contribution in [0.3, 0.4) is 0 Å². The summed E-state index contributed by atoms with van der Waals surface area (Å²) in [6, 6.07) is 7.96. The molecule has 0 aliphatic heterocycles. The molecule has 1 heterocycles. The molecule has 0 saturated carbocycles. The van der Waals surface area contributed by atoms with E-state index in [9.17, 15) is 4.79 Å². The normalized spacial score (nSPS) is 10.5. The smallest absolute Gasteiger partial charge is 0.137 e. The van der Waals surface area contributed by atoms with E-state index in [0.717, 1.165) is 27.2 Å². The van der Waals surface area contributed by atoms with Gasteiger partial charge in [-0.2, -0.15) is 0 Å². The van der Waals surface area contributed by atoms with Crippen LogP contribution in [0, 0.1) is 6.92 Å². The van der Waals surface area contributed by atoms with Crippen LogP contribution in [-0.4, -0.2) is 15.8 Å². The number of imidazole rings is 1. The number of rotatable bonds is 3. The molecule has 17 heavy (non-hydrogen) atoms. The predicted octanol–water partition coefficient (Wildman–Crippen LogP) is 3.28. The minimum Gasteiger partial charge on any atom is -0.345 e. The minimum absolute atomic E-state index is 0.111. The lowest BCUT2D eigenvalue weighted by Gasteiger charge is -1.98. The monoisotopic (exact) mass is 292 g/mol. The van der Waals surface area contributed by atoms with Crippen LogP contribution >= 0.6 is 15.9 Å². The van der Waals surface area contributed by atoms with E-state index in [-0.39, 0.29) is 5.78 Å². The van der Waals surface area contributed by atoms with Crippen molar-refractivity contribution in [1.29, 1.82) is 0 Å². The summed E-state index contributed by atoms with van der Waals surface area (Å²) >= 11 is 3.44. The number of nitrogens with one attached hydrogen (secondary N) is 1. The zero-order chi connectivity index (χ0) is 12.4. The summed E-state index contributed by atoms with van der Waals surface area (Å²) in [7, 11) is 0. The summed E-state index contributed by atoms with van der Waals surface area (Å²) in [5, 5.41) is 0. The number of H-pyrrole nitrogens is 1. The Morgan fingerprint density at radius 2 is 2.24 bits per heavy atom. The first-order chi connectivity index (χ1) is 8.06. The quantitative estimate of drug-likeness (QED) is 0.944. The van der Waals surface area contributed by atoms with Crippen molar-refractivity contribution in [1.82, 2.24) is 9.97 Å². The van der Waals surface area contributed by atoms with E-state index in [4.69, 9.17) is 0 Å². The molecule has 0 aliphatic rings. The predicted molar refractivity (Wildman–Crippen MR) is 70.8 cm³/mol. The number of nitrogens with zero attached hydrogens (tertiary/aromatic N) is 1. The van der Waals surface area contributed by atoms with Gasteiger partial charge in [0.2, 0.25) is 0 Å². The number of aryl methyl sites for hydroxylation is 1. The van der Waals surface area contributed by atoms with Gasteiger partial charge in [-0.05, 0) is 26.0 Å². The summed E-state index contributed by atoms with van der Waals surface area (Å²) in [5.41, 5.74) is 2.94. The van der Waals surface area contributed by atoms with Gasteiger partial charge in [0.1, 0.15) is 11.6 Å². The number of carbonyl (C=O) groups is 1. The Hall–Kier alpha value is -1.42. The SMILES string of the molecule is CC(=O)Cc1nc(-c2cccc(Br)c2)c(C)[nH]1. The van der Waals surface area contributed by atoms with Crippen molar-refractivity contribution in [2.75, 3.05) is 0 Å². The average Bonchev–Trinajstić information content (AvgIpc) is 2.58. The maximum absolute atomic E-state index is 11.1. The van der Waals surface area contributed by atoms with Gasteiger partial charge in [0.15, 0.2) is 0 Å². The number of benzene rings is 1. The topological polar surface area (TPSA) is 45.8 Å². The molecule has 88 valence electrons. The Kier molecular flexibility index (Phi) is 3.43. The summed E-state index contributed by atoms with van der Waals surface area (Å²) in [5.74, 6) is 0.838. The van der Waals surface area contributed by atoms with Gasteiger partial charge < -0.3 is 4.98 Å². The lowest BCUT2D eigenvalue weighted by atomic mass is 10.1. The van der Waals surface area contributed by atoms with Crippen LogP contribution in [0.1, 0.15) is 18.4 Å². The maximum Gasteiger partial charge on any atom is 0.137 e. The molecule has 0 amide bonds. The highest BCUT2D eigenvalue weighted by molar-refractivity contribution is 9.10. The number of aromatic nitrogens is 2. The van der Waals surface area contributed by atoms with Crippen molar-refractivity contribution in [3.8, 4) is 11.3 Å². The van der Waals surface area contributed by atoms with Gasteiger partial charge in [-0.15, -0.1) is 0 Å². The van der Waals surface area contributed by atoms with Gasteiger partial charge in [0.25, 0.3) is 0 Å². The fraction of sp³-hybridized carbons (Fsp3) is 0.231. The highest BCUT2D eigenvalue weighted by Crippen LogP contribution is 2.24. The molecule has 0 spiro atoms. The molecule has 1 aromatic carbocycles. The van der Waals surface area contributed by atoms with Gasteiger partial charge in [-0.3, -0.25) is 4.79 Å². The summed E-state index contributed by atoms with van der Waals surface area (Å²) < 4.78 is 1.02. The van der Waals surface area contributed by atoms with Crippen LogP contribution in [0.2, 0.25) is 0 Å². The van der Waals surface area contributed by atoms with Crippen molar-refractivity contribution in [3.63, 3.8) is 0 Å². The largest absolute Gasteiger partial charge is 0.345 e. The molecule has 0 bridgehead atoms. The molecule has 0 atom stereocenters. The van der Waals surface area contributed by atoms with Crippen molar-refractivity contribution < 1.29 is 4.79 Å². The summed E-state index contributed by atoms with van der Waals surface area (Å²) in [6.45, 7) is 3.53. The molecule has 0 saturated heterocycles. The van der Waals surface area contributed by atoms with Gasteiger partial charge in [0.05, 0.1) is 12.1 Å². The molecule has 1 aromatic heterocycles. The van der Waals surface area contributed by atoms with E-state index in [1.807, 2.05) is 31.2 Å². The van der Waals surface area contributed by atoms with Gasteiger partial charge >= 0.3 is 0 Å². The molecule has 0 fully saturated rings. The Labute approximate surface area is 108 Å². The van der Waals surface area contributed by atoms with Gasteiger partial charge in [0, 0.05) is 15.7 Å². The lowest BCUT2D eigenvalue weighted by Crippen LogP contribution is -1.98. The summed E-state index contributed by atoms with van der Waals surface area (Å²) in [6.07, 6.45) is 0.356. The van der Waals surface area contributed by atoms with Crippen LogP contribution in [0.15, 0.2) is 28.7 Å². The number of aromatic amines is 1. The standard InChI is InChI=1S/C13H13BrN2O/c1-8(17)6-12-15-9(2)13(16-12)10-4-3-5-11(14)7-10/h3-5,7H,6H2,1-2H3,(H,15,16). The van der Waals surface area contributed by atoms with E-state index in [2.05, 4.69) is 25.9 Å². The Morgan fingerprint density at radius 3 is 2.88 bits per heavy atom. The first kappa shape index (κ1) is 12.0. The highest BCUT2D eigenvalue weighted by Gasteiger charge is 2.10. The molecule has 0 radical (unpaired) electrons. The second-order valence-corrected chi connectivity index (χ2v) is 4.96. The third-order valence-electron chi connectivity index (χ3n) is 2.45. The van der Waals surface area contributed by atoms with Crippen LogP contribution in [-0.2, 0) is 11.2 Å². The summed E-state index contributed by atoms with van der Waals surface area (Å²) in [4.78, 5) is 18.7. The zero-order valence-corrected chi connectivity index (χ0v) is 11.3. The minimum atomic E-state index is 0.111. The van der Waals surface area contributed by atoms with Crippen molar-refractivity contribution in [2.45, 2.75) is 20.3 Å². The zero-order valence-electron chi connectivity index (χ0n) is 9.75. The number of carbonyl (C=O) groups excluding carboxylic acids is 1. The van der Waals surface area contributed by atoms with E-state index < -0.39 is 0 Å². The first-order valence-electron chi connectivity index (χ1n) is 5.37. The number of Topliss-reactive ketones (excluding diaryl/α,β-unsaturated/α-hetero) is 1. The van der Waals surface area contributed by atoms with E-state index in [0.29, 0.717) is 6.42 Å². The number of hydrogen-bond donors (Lipinski definition) is 1. The maximum atomic E-state index is 11.1. The van der Waals surface area contributed by atoms with Crippen molar-refractivity contribution in [2.24, 2.45) is 0 Å². The second-order valence-electron chi connectivity index (χ2n) is 4.05. The third kappa shape index (κ3) is 2.82. The van der Waals surface area contributed by atoms with Crippen LogP contribution in [0.4, 0.5) is 0 Å². The average molecular weight is 293 g/mol. The van der Waals surface area contributed by atoms with Crippen molar-refractivity contribution in [3.05, 3.63) is 40.3 Å². The molecule has 2 aromatic rings. The van der Waals surface area contributed by atoms with E-state index >= 15 is 0 Å². The van der Waals surface area contributed by atoms with Crippen molar-refractivity contribution >= 4 is 21.7 Å². The molecule has 3 nitrogen and oxygen atoms in total. The second kappa shape index (κ2) is 4.84. The first-order valence-corrected chi connectivity index (χ1v) is 6.16. The van der Waals surface area contributed by atoms with Gasteiger partial charge in [-0.1, -0.05) is 28.1 Å². The number of halogens is 1. The molecule has 1 N–H and O–H groups in total. The number of hydrogen-bond acceptors (Lipinski definition) is 2.